The number of piperazine rings is 1. The molecule has 98 valence electrons. The Morgan fingerprint density at radius 3 is 2.56 bits per heavy atom. The molecular weight excluding hydrogens is 292 g/mol. The van der Waals surface area contributed by atoms with E-state index in [1.165, 1.54) is 0 Å². The smallest absolute Gasteiger partial charge is 0.176 e. The zero-order chi connectivity index (χ0) is 13.1. The van der Waals surface area contributed by atoms with Crippen LogP contribution in [0, 0.1) is 6.92 Å². The molecule has 2 rings (SSSR count). The zero-order valence-corrected chi connectivity index (χ0v) is 12.5. The summed E-state index contributed by atoms with van der Waals surface area (Å²) in [4.78, 5) is 16.7. The summed E-state index contributed by atoms with van der Waals surface area (Å²) in [5.41, 5.74) is 1.96. The topological polar surface area (TPSA) is 23.6 Å². The van der Waals surface area contributed by atoms with Crippen LogP contribution in [0.4, 0.5) is 0 Å². The van der Waals surface area contributed by atoms with Crippen LogP contribution in [0.1, 0.15) is 15.9 Å². The van der Waals surface area contributed by atoms with Gasteiger partial charge in [0.2, 0.25) is 0 Å². The Morgan fingerprint density at radius 2 is 1.94 bits per heavy atom. The van der Waals surface area contributed by atoms with Crippen molar-refractivity contribution in [3.05, 3.63) is 33.8 Å². The minimum atomic E-state index is 0.209. The number of carbonyl (C=O) groups is 1. The summed E-state index contributed by atoms with van der Waals surface area (Å²) in [5, 5.41) is 0. The van der Waals surface area contributed by atoms with Crippen molar-refractivity contribution in [2.24, 2.45) is 0 Å². The molecule has 0 unspecified atom stereocenters. The lowest BCUT2D eigenvalue weighted by Crippen LogP contribution is -2.46. The van der Waals surface area contributed by atoms with Crippen molar-refractivity contribution in [1.29, 1.82) is 0 Å². The van der Waals surface area contributed by atoms with E-state index < -0.39 is 0 Å². The number of nitrogens with zero attached hydrogens (tertiary/aromatic N) is 2. The highest BCUT2D eigenvalue weighted by atomic mass is 79.9. The fourth-order valence-corrected chi connectivity index (χ4v) is 2.45. The van der Waals surface area contributed by atoms with E-state index in [-0.39, 0.29) is 5.78 Å². The Morgan fingerprint density at radius 1 is 1.28 bits per heavy atom. The fourth-order valence-electron chi connectivity index (χ4n) is 2.07. The maximum Gasteiger partial charge on any atom is 0.176 e. The number of halogens is 1. The van der Waals surface area contributed by atoms with E-state index in [0.29, 0.717) is 6.54 Å². The minimum Gasteiger partial charge on any atom is -0.304 e. The van der Waals surface area contributed by atoms with Crippen molar-refractivity contribution in [3.63, 3.8) is 0 Å². The first-order chi connectivity index (χ1) is 8.56. The van der Waals surface area contributed by atoms with Crippen LogP contribution >= 0.6 is 15.9 Å². The normalized spacial score (nSPS) is 17.9. The van der Waals surface area contributed by atoms with Gasteiger partial charge in [-0.2, -0.15) is 0 Å². The lowest BCUT2D eigenvalue weighted by molar-refractivity contribution is 0.0876. The first-order valence-electron chi connectivity index (χ1n) is 6.26. The van der Waals surface area contributed by atoms with Gasteiger partial charge in [0.1, 0.15) is 0 Å². The molecule has 0 N–H and O–H groups in total. The average molecular weight is 311 g/mol. The van der Waals surface area contributed by atoms with E-state index in [4.69, 9.17) is 0 Å². The summed E-state index contributed by atoms with van der Waals surface area (Å²) in [5.74, 6) is 0.209. The summed E-state index contributed by atoms with van der Waals surface area (Å²) in [6.07, 6.45) is 0. The lowest BCUT2D eigenvalue weighted by atomic mass is 10.1. The van der Waals surface area contributed by atoms with Crippen molar-refractivity contribution in [3.8, 4) is 0 Å². The van der Waals surface area contributed by atoms with Crippen LogP contribution in [-0.4, -0.2) is 55.4 Å². The predicted octanol–water partition coefficient (Wildman–Crippen LogP) is 2.19. The average Bonchev–Trinajstić information content (AvgIpc) is 2.35. The molecule has 0 aliphatic carbocycles. The molecule has 1 saturated heterocycles. The molecule has 1 aliphatic rings. The first kappa shape index (κ1) is 13.7. The molecule has 1 aliphatic heterocycles. The van der Waals surface area contributed by atoms with Crippen LogP contribution in [0.2, 0.25) is 0 Å². The summed E-state index contributed by atoms with van der Waals surface area (Å²) in [6.45, 7) is 6.61. The second-order valence-electron chi connectivity index (χ2n) is 4.97. The predicted molar refractivity (Wildman–Crippen MR) is 77.1 cm³/mol. The van der Waals surface area contributed by atoms with Crippen molar-refractivity contribution in [2.45, 2.75) is 6.92 Å². The minimum absolute atomic E-state index is 0.209. The van der Waals surface area contributed by atoms with Gasteiger partial charge in [-0.1, -0.05) is 28.1 Å². The SMILES string of the molecule is Cc1ccc(C(=O)CN2CCN(C)CC2)cc1Br. The Hall–Kier alpha value is -0.710. The number of ketones is 1. The lowest BCUT2D eigenvalue weighted by Gasteiger charge is -2.31. The molecule has 3 nitrogen and oxygen atoms in total. The maximum atomic E-state index is 12.2. The van der Waals surface area contributed by atoms with E-state index in [0.717, 1.165) is 41.8 Å². The van der Waals surface area contributed by atoms with Crippen LogP contribution in [0.15, 0.2) is 22.7 Å². The molecule has 0 spiro atoms. The van der Waals surface area contributed by atoms with E-state index in [1.54, 1.807) is 0 Å². The number of hydrogen-bond donors (Lipinski definition) is 0. The summed E-state index contributed by atoms with van der Waals surface area (Å²) in [6, 6.07) is 5.83. The summed E-state index contributed by atoms with van der Waals surface area (Å²) in [7, 11) is 2.12. The summed E-state index contributed by atoms with van der Waals surface area (Å²) >= 11 is 3.47. The molecule has 1 aromatic rings. The number of benzene rings is 1. The van der Waals surface area contributed by atoms with Crippen molar-refractivity contribution < 1.29 is 4.79 Å². The van der Waals surface area contributed by atoms with Gasteiger partial charge in [0.25, 0.3) is 0 Å². The number of Topliss-reactive ketones (excluding diaryl/α,β-unsaturated/α-hetero) is 1. The highest BCUT2D eigenvalue weighted by molar-refractivity contribution is 9.10. The van der Waals surface area contributed by atoms with Gasteiger partial charge < -0.3 is 4.90 Å². The van der Waals surface area contributed by atoms with Crippen molar-refractivity contribution >= 4 is 21.7 Å². The molecule has 1 fully saturated rings. The van der Waals surface area contributed by atoms with E-state index >= 15 is 0 Å². The second kappa shape index (κ2) is 5.95. The van der Waals surface area contributed by atoms with Gasteiger partial charge in [-0.05, 0) is 25.6 Å². The number of rotatable bonds is 3. The third-order valence-electron chi connectivity index (χ3n) is 3.46. The van der Waals surface area contributed by atoms with E-state index in [9.17, 15) is 4.79 Å². The fraction of sp³-hybridized carbons (Fsp3) is 0.500. The van der Waals surface area contributed by atoms with E-state index in [1.807, 2.05) is 25.1 Å². The van der Waals surface area contributed by atoms with Crippen LogP contribution < -0.4 is 0 Å². The number of carbonyl (C=O) groups excluding carboxylic acids is 1. The number of hydrogen-bond acceptors (Lipinski definition) is 3. The maximum absolute atomic E-state index is 12.2. The van der Waals surface area contributed by atoms with Gasteiger partial charge >= 0.3 is 0 Å². The van der Waals surface area contributed by atoms with Crippen LogP contribution in [0.25, 0.3) is 0 Å². The largest absolute Gasteiger partial charge is 0.304 e. The third-order valence-corrected chi connectivity index (χ3v) is 4.31. The molecule has 0 aromatic heterocycles. The second-order valence-corrected chi connectivity index (χ2v) is 5.82. The first-order valence-corrected chi connectivity index (χ1v) is 7.06. The zero-order valence-electron chi connectivity index (χ0n) is 10.9. The molecular formula is C14H19BrN2O. The molecule has 0 radical (unpaired) electrons. The monoisotopic (exact) mass is 310 g/mol. The highest BCUT2D eigenvalue weighted by Crippen LogP contribution is 2.18. The Labute approximate surface area is 117 Å². The third kappa shape index (κ3) is 3.40. The van der Waals surface area contributed by atoms with Crippen molar-refractivity contribution in [2.75, 3.05) is 39.8 Å². The van der Waals surface area contributed by atoms with Crippen LogP contribution in [0.5, 0.6) is 0 Å². The molecule has 0 saturated carbocycles. The van der Waals surface area contributed by atoms with Gasteiger partial charge in [-0.3, -0.25) is 9.69 Å². The van der Waals surface area contributed by atoms with Gasteiger partial charge in [-0.15, -0.1) is 0 Å². The van der Waals surface area contributed by atoms with Crippen molar-refractivity contribution in [1.82, 2.24) is 9.80 Å². The molecule has 18 heavy (non-hydrogen) atoms. The molecule has 4 heteroatoms. The van der Waals surface area contributed by atoms with Crippen LogP contribution in [0.3, 0.4) is 0 Å². The van der Waals surface area contributed by atoms with E-state index in [2.05, 4.69) is 32.8 Å². The Balaban J connectivity index is 1.97. The molecule has 1 heterocycles. The molecule has 0 bridgehead atoms. The molecule has 0 amide bonds. The number of likely N-dealkylation sites (N-methyl/N-ethyl adjacent to an activating group) is 1. The standard InChI is InChI=1S/C14H19BrN2O/c1-11-3-4-12(9-13(11)15)14(18)10-17-7-5-16(2)6-8-17/h3-4,9H,5-8,10H2,1-2H3. The van der Waals surface area contributed by atoms with Crippen LogP contribution in [-0.2, 0) is 0 Å². The van der Waals surface area contributed by atoms with Gasteiger partial charge in [-0.25, -0.2) is 0 Å². The van der Waals surface area contributed by atoms with Gasteiger partial charge in [0.05, 0.1) is 6.54 Å². The Bertz CT molecular complexity index is 439. The van der Waals surface area contributed by atoms with Gasteiger partial charge in [0, 0.05) is 36.2 Å². The van der Waals surface area contributed by atoms with Gasteiger partial charge in [0.15, 0.2) is 5.78 Å². The Kier molecular flexibility index (Phi) is 4.54. The summed E-state index contributed by atoms with van der Waals surface area (Å²) < 4.78 is 1.01. The quantitative estimate of drug-likeness (QED) is 0.800. The highest BCUT2D eigenvalue weighted by Gasteiger charge is 2.17. The molecule has 1 aromatic carbocycles. The number of aryl methyl sites for hydroxylation is 1. The molecule has 0 atom stereocenters.